The Morgan fingerprint density at radius 3 is 3.00 bits per heavy atom. The van der Waals surface area contributed by atoms with Crippen molar-refractivity contribution in [3.63, 3.8) is 0 Å². The van der Waals surface area contributed by atoms with Crippen LogP contribution in [0.1, 0.15) is 18.4 Å². The van der Waals surface area contributed by atoms with Crippen molar-refractivity contribution in [2.75, 3.05) is 13.1 Å². The van der Waals surface area contributed by atoms with Crippen molar-refractivity contribution in [3.8, 4) is 0 Å². The number of hydrogen-bond acceptors (Lipinski definition) is 2. The van der Waals surface area contributed by atoms with E-state index in [0.29, 0.717) is 12.1 Å². The number of rotatable bonds is 3. The van der Waals surface area contributed by atoms with Gasteiger partial charge in [-0.3, -0.25) is 4.90 Å². The highest BCUT2D eigenvalue weighted by atomic mass is 16.5. The van der Waals surface area contributed by atoms with Crippen molar-refractivity contribution in [3.05, 3.63) is 48.0 Å². The number of piperidine rings is 1. The second-order valence-electron chi connectivity index (χ2n) is 4.89. The fourth-order valence-corrected chi connectivity index (χ4v) is 2.80. The third kappa shape index (κ3) is 2.43. The van der Waals surface area contributed by atoms with E-state index < -0.39 is 0 Å². The van der Waals surface area contributed by atoms with Crippen molar-refractivity contribution in [2.24, 2.45) is 0 Å². The maximum Gasteiger partial charge on any atom is 0.0771 e. The van der Waals surface area contributed by atoms with E-state index in [0.717, 1.165) is 13.2 Å². The summed E-state index contributed by atoms with van der Waals surface area (Å²) in [5.74, 6) is 0. The molecule has 2 aliphatic heterocycles. The summed E-state index contributed by atoms with van der Waals surface area (Å²) in [5.41, 5.74) is 1.27. The van der Waals surface area contributed by atoms with Crippen molar-refractivity contribution >= 4 is 0 Å². The minimum Gasteiger partial charge on any atom is -0.372 e. The maximum atomic E-state index is 6.09. The van der Waals surface area contributed by atoms with E-state index in [1.165, 1.54) is 24.9 Å². The average molecular weight is 229 g/mol. The molecule has 0 bridgehead atoms. The van der Waals surface area contributed by atoms with Gasteiger partial charge in [0.15, 0.2) is 0 Å². The van der Waals surface area contributed by atoms with E-state index in [-0.39, 0.29) is 0 Å². The molecule has 90 valence electrons. The lowest BCUT2D eigenvalue weighted by molar-refractivity contribution is -0.0274. The molecule has 1 aromatic rings. The molecule has 0 aromatic heterocycles. The molecule has 0 spiro atoms. The fourth-order valence-electron chi connectivity index (χ4n) is 2.80. The Balaban J connectivity index is 1.59. The Morgan fingerprint density at radius 2 is 2.12 bits per heavy atom. The minimum atomic E-state index is 0.378. The van der Waals surface area contributed by atoms with E-state index >= 15 is 0 Å². The van der Waals surface area contributed by atoms with Gasteiger partial charge in [0, 0.05) is 6.54 Å². The van der Waals surface area contributed by atoms with E-state index in [1.807, 2.05) is 6.07 Å². The monoisotopic (exact) mass is 229 g/mol. The lowest BCUT2D eigenvalue weighted by atomic mass is 10.0. The highest BCUT2D eigenvalue weighted by molar-refractivity contribution is 5.14. The predicted octanol–water partition coefficient (Wildman–Crippen LogP) is 2.61. The number of fused-ring (bicyclic) bond motifs is 1. The molecule has 1 fully saturated rings. The molecule has 2 aliphatic rings. The van der Waals surface area contributed by atoms with Gasteiger partial charge in [0.25, 0.3) is 0 Å². The highest BCUT2D eigenvalue weighted by Gasteiger charge is 2.31. The first kappa shape index (κ1) is 11.0. The van der Waals surface area contributed by atoms with Crippen molar-refractivity contribution < 1.29 is 4.74 Å². The third-order valence-electron chi connectivity index (χ3n) is 3.72. The molecular formula is C15H19NO. The second-order valence-corrected chi connectivity index (χ2v) is 4.89. The third-order valence-corrected chi connectivity index (χ3v) is 3.72. The van der Waals surface area contributed by atoms with Crippen LogP contribution < -0.4 is 0 Å². The molecule has 2 heteroatoms. The van der Waals surface area contributed by atoms with Crippen LogP contribution in [0.5, 0.6) is 0 Å². The largest absolute Gasteiger partial charge is 0.372 e. The highest BCUT2D eigenvalue weighted by Crippen LogP contribution is 2.25. The van der Waals surface area contributed by atoms with Crippen LogP contribution in [0, 0.1) is 0 Å². The molecule has 0 unspecified atom stereocenters. The van der Waals surface area contributed by atoms with Crippen LogP contribution in [0.4, 0.5) is 0 Å². The van der Waals surface area contributed by atoms with Crippen molar-refractivity contribution in [1.82, 2.24) is 4.90 Å². The zero-order valence-electron chi connectivity index (χ0n) is 10.1. The van der Waals surface area contributed by atoms with Crippen LogP contribution in [0.2, 0.25) is 0 Å². The normalized spacial score (nSPS) is 28.2. The molecule has 0 saturated carbocycles. The van der Waals surface area contributed by atoms with Gasteiger partial charge in [-0.1, -0.05) is 42.5 Å². The Labute approximate surface area is 103 Å². The second kappa shape index (κ2) is 5.03. The Kier molecular flexibility index (Phi) is 3.25. The zero-order chi connectivity index (χ0) is 11.5. The zero-order valence-corrected chi connectivity index (χ0v) is 10.1. The summed E-state index contributed by atoms with van der Waals surface area (Å²) in [6, 6.07) is 11.0. The SMILES string of the molecule is C1=C[C@H]2[C@H](OCc3ccccc3)CCCN2C1. The summed E-state index contributed by atoms with van der Waals surface area (Å²) in [7, 11) is 0. The van der Waals surface area contributed by atoms with Crippen LogP contribution >= 0.6 is 0 Å². The van der Waals surface area contributed by atoms with Crippen LogP contribution in [0.3, 0.4) is 0 Å². The topological polar surface area (TPSA) is 12.5 Å². The van der Waals surface area contributed by atoms with E-state index in [2.05, 4.69) is 41.3 Å². The summed E-state index contributed by atoms with van der Waals surface area (Å²) < 4.78 is 6.09. The smallest absolute Gasteiger partial charge is 0.0771 e. The number of benzene rings is 1. The summed E-state index contributed by atoms with van der Waals surface area (Å²) in [6.45, 7) is 3.07. The van der Waals surface area contributed by atoms with Gasteiger partial charge in [-0.05, 0) is 24.9 Å². The predicted molar refractivity (Wildman–Crippen MR) is 68.8 cm³/mol. The molecule has 2 nitrogen and oxygen atoms in total. The van der Waals surface area contributed by atoms with Crippen molar-refractivity contribution in [1.29, 1.82) is 0 Å². The number of hydrogen-bond donors (Lipinski definition) is 0. The molecule has 17 heavy (non-hydrogen) atoms. The Hall–Kier alpha value is -1.12. The van der Waals surface area contributed by atoms with Gasteiger partial charge in [-0.15, -0.1) is 0 Å². The van der Waals surface area contributed by atoms with Crippen LogP contribution in [-0.2, 0) is 11.3 Å². The molecule has 0 amide bonds. The van der Waals surface area contributed by atoms with E-state index in [9.17, 15) is 0 Å². The molecule has 3 rings (SSSR count). The van der Waals surface area contributed by atoms with E-state index in [1.54, 1.807) is 0 Å². The summed E-state index contributed by atoms with van der Waals surface area (Å²) in [4.78, 5) is 2.51. The molecule has 0 N–H and O–H groups in total. The van der Waals surface area contributed by atoms with Gasteiger partial charge in [-0.25, -0.2) is 0 Å². The quantitative estimate of drug-likeness (QED) is 0.739. The molecule has 1 saturated heterocycles. The number of ether oxygens (including phenoxy) is 1. The molecule has 0 radical (unpaired) electrons. The Bertz CT molecular complexity index is 387. The lowest BCUT2D eigenvalue weighted by Crippen LogP contribution is -2.45. The molecule has 2 heterocycles. The molecule has 1 aromatic carbocycles. The maximum absolute atomic E-state index is 6.09. The van der Waals surface area contributed by atoms with Crippen LogP contribution in [0.25, 0.3) is 0 Å². The van der Waals surface area contributed by atoms with Gasteiger partial charge < -0.3 is 4.74 Å². The summed E-state index contributed by atoms with van der Waals surface area (Å²) in [6.07, 6.45) is 7.42. The van der Waals surface area contributed by atoms with Crippen molar-refractivity contribution in [2.45, 2.75) is 31.6 Å². The van der Waals surface area contributed by atoms with Crippen LogP contribution in [0.15, 0.2) is 42.5 Å². The van der Waals surface area contributed by atoms with Gasteiger partial charge >= 0.3 is 0 Å². The minimum absolute atomic E-state index is 0.378. The van der Waals surface area contributed by atoms with E-state index in [4.69, 9.17) is 4.74 Å². The van der Waals surface area contributed by atoms with Gasteiger partial charge in [0.1, 0.15) is 0 Å². The first-order valence-corrected chi connectivity index (χ1v) is 6.50. The van der Waals surface area contributed by atoms with Crippen LogP contribution in [-0.4, -0.2) is 30.1 Å². The van der Waals surface area contributed by atoms with Gasteiger partial charge in [-0.2, -0.15) is 0 Å². The summed E-state index contributed by atoms with van der Waals surface area (Å²) >= 11 is 0. The first-order valence-electron chi connectivity index (χ1n) is 6.50. The lowest BCUT2D eigenvalue weighted by Gasteiger charge is -2.36. The first-order chi connectivity index (χ1) is 8.43. The van der Waals surface area contributed by atoms with Gasteiger partial charge in [0.2, 0.25) is 0 Å². The molecule has 0 aliphatic carbocycles. The summed E-state index contributed by atoms with van der Waals surface area (Å²) in [5, 5.41) is 0. The molecule has 2 atom stereocenters. The molecular weight excluding hydrogens is 210 g/mol. The Morgan fingerprint density at radius 1 is 1.24 bits per heavy atom. The van der Waals surface area contributed by atoms with Gasteiger partial charge in [0.05, 0.1) is 18.8 Å². The number of nitrogens with zero attached hydrogens (tertiary/aromatic N) is 1. The average Bonchev–Trinajstić information content (AvgIpc) is 2.86. The fraction of sp³-hybridized carbons (Fsp3) is 0.467. The standard InChI is InChI=1S/C15H19NO/c1-2-6-13(7-3-1)12-17-15-9-5-11-16-10-4-8-14(15)16/h1-4,6-8,14-15H,5,9-12H2/t14-,15+/m0/s1.